The number of para-hydroxylation sites is 1. The molecule has 0 saturated carbocycles. The van der Waals surface area contributed by atoms with Crippen molar-refractivity contribution in [3.63, 3.8) is 0 Å². The fourth-order valence-corrected chi connectivity index (χ4v) is 4.32. The number of nitrogens with zero attached hydrogens (tertiary/aromatic N) is 3. The molecule has 1 N–H and O–H groups in total. The quantitative estimate of drug-likeness (QED) is 0.366. The SMILES string of the molecule is O=C(Nc1nnc(CCc2ccccc2)s1)c1cc(-c2ccccc2)nc2ccccc12. The average Bonchev–Trinajstić information content (AvgIpc) is 3.30. The number of hydrogen-bond acceptors (Lipinski definition) is 5. The van der Waals surface area contributed by atoms with E-state index in [1.54, 1.807) is 0 Å². The van der Waals surface area contributed by atoms with Gasteiger partial charge in [-0.3, -0.25) is 10.1 Å². The summed E-state index contributed by atoms with van der Waals surface area (Å²) < 4.78 is 0. The van der Waals surface area contributed by atoms with E-state index in [0.29, 0.717) is 10.7 Å². The van der Waals surface area contributed by atoms with Gasteiger partial charge in [0, 0.05) is 17.4 Å². The zero-order chi connectivity index (χ0) is 21.8. The fourth-order valence-electron chi connectivity index (χ4n) is 3.59. The van der Waals surface area contributed by atoms with Crippen LogP contribution in [0.2, 0.25) is 0 Å². The molecule has 1 amide bonds. The van der Waals surface area contributed by atoms with Crippen LogP contribution in [-0.4, -0.2) is 21.1 Å². The number of carbonyl (C=O) groups is 1. The van der Waals surface area contributed by atoms with E-state index >= 15 is 0 Å². The van der Waals surface area contributed by atoms with Crippen molar-refractivity contribution in [3.8, 4) is 11.3 Å². The molecular weight excluding hydrogens is 416 g/mol. The molecular formula is C26H20N4OS. The van der Waals surface area contributed by atoms with Gasteiger partial charge in [0.1, 0.15) is 5.01 Å². The lowest BCUT2D eigenvalue weighted by Gasteiger charge is -2.09. The molecule has 2 heterocycles. The monoisotopic (exact) mass is 436 g/mol. The van der Waals surface area contributed by atoms with Crippen LogP contribution in [0.15, 0.2) is 91.0 Å². The molecule has 0 radical (unpaired) electrons. The smallest absolute Gasteiger partial charge is 0.258 e. The van der Waals surface area contributed by atoms with Crippen LogP contribution >= 0.6 is 11.3 Å². The van der Waals surface area contributed by atoms with E-state index in [0.717, 1.165) is 40.0 Å². The largest absolute Gasteiger partial charge is 0.296 e. The summed E-state index contributed by atoms with van der Waals surface area (Å²) in [5.74, 6) is -0.216. The van der Waals surface area contributed by atoms with E-state index in [9.17, 15) is 4.79 Å². The third-order valence-corrected chi connectivity index (χ3v) is 6.09. The molecule has 0 saturated heterocycles. The Morgan fingerprint density at radius 1 is 0.812 bits per heavy atom. The van der Waals surface area contributed by atoms with Crippen molar-refractivity contribution in [2.24, 2.45) is 0 Å². The van der Waals surface area contributed by atoms with Crippen LogP contribution in [0.1, 0.15) is 20.9 Å². The molecule has 0 aliphatic carbocycles. The van der Waals surface area contributed by atoms with Gasteiger partial charge in [0.25, 0.3) is 5.91 Å². The van der Waals surface area contributed by atoms with E-state index in [1.165, 1.54) is 16.9 Å². The summed E-state index contributed by atoms with van der Waals surface area (Å²) in [6.07, 6.45) is 1.67. The van der Waals surface area contributed by atoms with Gasteiger partial charge in [-0.1, -0.05) is 90.2 Å². The number of fused-ring (bicyclic) bond motifs is 1. The van der Waals surface area contributed by atoms with Crippen molar-refractivity contribution in [1.82, 2.24) is 15.2 Å². The molecule has 3 aromatic carbocycles. The number of carbonyl (C=O) groups excluding carboxylic acids is 1. The molecule has 6 heteroatoms. The number of benzene rings is 3. The van der Waals surface area contributed by atoms with E-state index in [1.807, 2.05) is 78.9 Å². The van der Waals surface area contributed by atoms with Gasteiger partial charge in [-0.05, 0) is 24.1 Å². The summed E-state index contributed by atoms with van der Waals surface area (Å²) in [5.41, 5.74) is 4.32. The molecule has 2 aromatic heterocycles. The van der Waals surface area contributed by atoms with Crippen molar-refractivity contribution in [3.05, 3.63) is 107 Å². The summed E-state index contributed by atoms with van der Waals surface area (Å²) >= 11 is 1.41. The second-order valence-corrected chi connectivity index (χ2v) is 8.44. The molecule has 5 rings (SSSR count). The Hall–Kier alpha value is -3.90. The molecule has 0 spiro atoms. The summed E-state index contributed by atoms with van der Waals surface area (Å²) in [6, 6.07) is 29.6. The molecule has 0 atom stereocenters. The Kier molecular flexibility index (Phi) is 5.68. The Bertz CT molecular complexity index is 1370. The van der Waals surface area contributed by atoms with Crippen molar-refractivity contribution < 1.29 is 4.79 Å². The third kappa shape index (κ3) is 4.40. The average molecular weight is 437 g/mol. The van der Waals surface area contributed by atoms with Gasteiger partial charge in [-0.2, -0.15) is 0 Å². The van der Waals surface area contributed by atoms with Crippen molar-refractivity contribution in [2.75, 3.05) is 5.32 Å². The predicted octanol–water partition coefficient (Wildman–Crippen LogP) is 5.79. The van der Waals surface area contributed by atoms with Crippen LogP contribution in [0.5, 0.6) is 0 Å². The molecule has 0 bridgehead atoms. The maximum atomic E-state index is 13.2. The molecule has 0 unspecified atom stereocenters. The van der Waals surface area contributed by atoms with E-state index in [4.69, 9.17) is 4.98 Å². The second kappa shape index (κ2) is 9.08. The minimum atomic E-state index is -0.216. The zero-order valence-electron chi connectivity index (χ0n) is 17.2. The van der Waals surface area contributed by atoms with E-state index < -0.39 is 0 Å². The number of rotatable bonds is 6. The Balaban J connectivity index is 1.39. The number of nitrogens with one attached hydrogen (secondary N) is 1. The van der Waals surface area contributed by atoms with Gasteiger partial charge in [-0.25, -0.2) is 4.98 Å². The van der Waals surface area contributed by atoms with Gasteiger partial charge in [0.2, 0.25) is 5.13 Å². The lowest BCUT2D eigenvalue weighted by atomic mass is 10.0. The van der Waals surface area contributed by atoms with Crippen LogP contribution in [0.3, 0.4) is 0 Å². The van der Waals surface area contributed by atoms with Crippen LogP contribution in [0.25, 0.3) is 22.2 Å². The number of pyridine rings is 1. The maximum Gasteiger partial charge on any atom is 0.258 e. The zero-order valence-corrected chi connectivity index (χ0v) is 18.0. The normalized spacial score (nSPS) is 10.9. The van der Waals surface area contributed by atoms with Crippen molar-refractivity contribution >= 4 is 33.3 Å². The summed E-state index contributed by atoms with van der Waals surface area (Å²) in [5, 5.41) is 13.5. The predicted molar refractivity (Wildman–Crippen MR) is 129 cm³/mol. The molecule has 5 aromatic rings. The highest BCUT2D eigenvalue weighted by Crippen LogP contribution is 2.26. The third-order valence-electron chi connectivity index (χ3n) is 5.19. The van der Waals surface area contributed by atoms with Crippen LogP contribution in [0.4, 0.5) is 5.13 Å². The molecule has 0 aliphatic rings. The molecule has 5 nitrogen and oxygen atoms in total. The first-order valence-corrected chi connectivity index (χ1v) is 11.2. The van der Waals surface area contributed by atoms with E-state index in [-0.39, 0.29) is 5.91 Å². The first-order valence-electron chi connectivity index (χ1n) is 10.4. The Morgan fingerprint density at radius 3 is 2.34 bits per heavy atom. The van der Waals surface area contributed by atoms with Gasteiger partial charge in [0.05, 0.1) is 16.8 Å². The molecule has 156 valence electrons. The van der Waals surface area contributed by atoms with Gasteiger partial charge in [0.15, 0.2) is 0 Å². The first-order chi connectivity index (χ1) is 15.8. The summed E-state index contributed by atoms with van der Waals surface area (Å²) in [7, 11) is 0. The van der Waals surface area contributed by atoms with Crippen molar-refractivity contribution in [1.29, 1.82) is 0 Å². The van der Waals surface area contributed by atoms with E-state index in [2.05, 4.69) is 27.6 Å². The molecule has 0 fully saturated rings. The van der Waals surface area contributed by atoms with Crippen LogP contribution in [-0.2, 0) is 12.8 Å². The number of hydrogen-bond donors (Lipinski definition) is 1. The minimum Gasteiger partial charge on any atom is -0.296 e. The van der Waals surface area contributed by atoms with Gasteiger partial charge >= 0.3 is 0 Å². The van der Waals surface area contributed by atoms with Gasteiger partial charge in [-0.15, -0.1) is 10.2 Å². The highest BCUT2D eigenvalue weighted by Gasteiger charge is 2.16. The fraction of sp³-hybridized carbons (Fsp3) is 0.0769. The highest BCUT2D eigenvalue weighted by molar-refractivity contribution is 7.15. The number of aromatic nitrogens is 3. The standard InChI is InChI=1S/C26H20N4OS/c31-25(28-26-30-29-24(32-26)16-15-18-9-3-1-4-10-18)21-17-23(19-11-5-2-6-12-19)27-22-14-8-7-13-20(21)22/h1-14,17H,15-16H2,(H,28,30,31). The Morgan fingerprint density at radius 2 is 1.53 bits per heavy atom. The molecule has 0 aliphatic heterocycles. The number of aryl methyl sites for hydroxylation is 2. The lowest BCUT2D eigenvalue weighted by molar-refractivity contribution is 0.102. The lowest BCUT2D eigenvalue weighted by Crippen LogP contribution is -2.13. The van der Waals surface area contributed by atoms with Crippen LogP contribution in [0, 0.1) is 0 Å². The second-order valence-electron chi connectivity index (χ2n) is 7.38. The van der Waals surface area contributed by atoms with Crippen molar-refractivity contribution in [2.45, 2.75) is 12.8 Å². The number of amides is 1. The Labute approximate surface area is 189 Å². The number of anilines is 1. The van der Waals surface area contributed by atoms with Gasteiger partial charge < -0.3 is 0 Å². The van der Waals surface area contributed by atoms with Crippen LogP contribution < -0.4 is 5.32 Å². The minimum absolute atomic E-state index is 0.216. The first kappa shape index (κ1) is 20.0. The topological polar surface area (TPSA) is 67.8 Å². The maximum absolute atomic E-state index is 13.2. The highest BCUT2D eigenvalue weighted by atomic mass is 32.1. The summed E-state index contributed by atoms with van der Waals surface area (Å²) in [6.45, 7) is 0. The summed E-state index contributed by atoms with van der Waals surface area (Å²) in [4.78, 5) is 17.9. The molecule has 32 heavy (non-hydrogen) atoms.